The third-order valence-corrected chi connectivity index (χ3v) is 3.59. The number of nitrogens with one attached hydrogen (secondary N) is 1. The van der Waals surface area contributed by atoms with Crippen molar-refractivity contribution in [2.45, 2.75) is 48.0 Å². The molecule has 2 heteroatoms. The molecule has 2 atom stereocenters. The van der Waals surface area contributed by atoms with Crippen molar-refractivity contribution < 1.29 is 4.79 Å². The monoisotopic (exact) mass is 197 g/mol. The topological polar surface area (TPSA) is 40.9 Å². The van der Waals surface area contributed by atoms with E-state index < -0.39 is 0 Å². The Morgan fingerprint density at radius 2 is 1.71 bits per heavy atom. The van der Waals surface area contributed by atoms with E-state index in [2.05, 4.69) is 20.8 Å². The maximum Gasteiger partial charge on any atom is 0.130 e. The molecule has 0 aliphatic rings. The van der Waals surface area contributed by atoms with Crippen LogP contribution in [0.4, 0.5) is 0 Å². The molecule has 0 amide bonds. The van der Waals surface area contributed by atoms with Crippen LogP contribution in [0.3, 0.4) is 0 Å². The van der Waals surface area contributed by atoms with Crippen LogP contribution in [0, 0.1) is 22.7 Å². The Labute approximate surface area is 87.6 Å². The summed E-state index contributed by atoms with van der Waals surface area (Å²) in [5.41, 5.74) is 0.597. The van der Waals surface area contributed by atoms with Crippen molar-refractivity contribution in [2.75, 3.05) is 0 Å². The SMILES string of the molecule is CC(=N)C(C)[C@@](C)(CC(C)=O)C(C)C. The molecule has 0 aliphatic heterocycles. The average molecular weight is 197 g/mol. The number of carbonyl (C=O) groups is 1. The molecule has 0 aromatic rings. The Hall–Kier alpha value is -0.660. The summed E-state index contributed by atoms with van der Waals surface area (Å²) in [5.74, 6) is 0.808. The van der Waals surface area contributed by atoms with Crippen molar-refractivity contribution in [3.05, 3.63) is 0 Å². The first-order valence-corrected chi connectivity index (χ1v) is 5.26. The van der Waals surface area contributed by atoms with Crippen LogP contribution >= 0.6 is 0 Å². The second kappa shape index (κ2) is 4.72. The smallest absolute Gasteiger partial charge is 0.130 e. The van der Waals surface area contributed by atoms with Gasteiger partial charge in [0.25, 0.3) is 0 Å². The van der Waals surface area contributed by atoms with Crippen molar-refractivity contribution in [2.24, 2.45) is 17.3 Å². The average Bonchev–Trinajstić information content (AvgIpc) is 2.00. The largest absolute Gasteiger partial charge is 0.310 e. The van der Waals surface area contributed by atoms with E-state index in [1.54, 1.807) is 6.92 Å². The zero-order valence-electron chi connectivity index (χ0n) is 10.3. The van der Waals surface area contributed by atoms with Gasteiger partial charge in [-0.1, -0.05) is 27.7 Å². The van der Waals surface area contributed by atoms with Gasteiger partial charge in [-0.05, 0) is 31.1 Å². The van der Waals surface area contributed by atoms with Gasteiger partial charge in [0.1, 0.15) is 5.78 Å². The summed E-state index contributed by atoms with van der Waals surface area (Å²) >= 11 is 0. The lowest BCUT2D eigenvalue weighted by Gasteiger charge is -2.38. The van der Waals surface area contributed by atoms with Crippen molar-refractivity contribution in [3.8, 4) is 0 Å². The summed E-state index contributed by atoms with van der Waals surface area (Å²) in [5, 5.41) is 7.68. The summed E-state index contributed by atoms with van der Waals surface area (Å²) in [6.07, 6.45) is 0.571. The zero-order valence-corrected chi connectivity index (χ0v) is 10.3. The Kier molecular flexibility index (Phi) is 4.50. The van der Waals surface area contributed by atoms with Crippen LogP contribution in [0.1, 0.15) is 48.0 Å². The fraction of sp³-hybridized carbons (Fsp3) is 0.833. The number of hydrogen-bond donors (Lipinski definition) is 1. The second-order valence-corrected chi connectivity index (χ2v) is 4.94. The molecule has 82 valence electrons. The summed E-state index contributed by atoms with van der Waals surface area (Å²) in [7, 11) is 0. The third-order valence-electron chi connectivity index (χ3n) is 3.59. The molecule has 0 saturated carbocycles. The van der Waals surface area contributed by atoms with Crippen molar-refractivity contribution in [3.63, 3.8) is 0 Å². The van der Waals surface area contributed by atoms with Gasteiger partial charge in [-0.25, -0.2) is 0 Å². The molecule has 0 saturated heterocycles. The maximum absolute atomic E-state index is 11.2. The number of hydrogen-bond acceptors (Lipinski definition) is 2. The fourth-order valence-corrected chi connectivity index (χ4v) is 1.89. The second-order valence-electron chi connectivity index (χ2n) is 4.94. The summed E-state index contributed by atoms with van der Waals surface area (Å²) < 4.78 is 0. The lowest BCUT2D eigenvalue weighted by Crippen LogP contribution is -2.36. The van der Waals surface area contributed by atoms with E-state index in [1.807, 2.05) is 13.8 Å². The van der Waals surface area contributed by atoms with Crippen LogP contribution in [-0.4, -0.2) is 11.5 Å². The predicted octanol–water partition coefficient (Wildman–Crippen LogP) is 3.30. The molecule has 1 N–H and O–H groups in total. The highest BCUT2D eigenvalue weighted by atomic mass is 16.1. The molecule has 0 rings (SSSR count). The lowest BCUT2D eigenvalue weighted by atomic mass is 9.65. The zero-order chi connectivity index (χ0) is 11.5. The van der Waals surface area contributed by atoms with E-state index in [4.69, 9.17) is 5.41 Å². The van der Waals surface area contributed by atoms with E-state index in [9.17, 15) is 4.79 Å². The van der Waals surface area contributed by atoms with Crippen LogP contribution in [0.15, 0.2) is 0 Å². The van der Waals surface area contributed by atoms with Crippen molar-refractivity contribution in [1.82, 2.24) is 0 Å². The van der Waals surface area contributed by atoms with Crippen LogP contribution in [0.25, 0.3) is 0 Å². The molecule has 0 aliphatic carbocycles. The molecule has 0 aromatic carbocycles. The normalized spacial score (nSPS) is 17.6. The highest BCUT2D eigenvalue weighted by Crippen LogP contribution is 2.39. The first-order chi connectivity index (χ1) is 6.21. The molecule has 0 fully saturated rings. The minimum Gasteiger partial charge on any atom is -0.310 e. The molecule has 0 heterocycles. The molecule has 2 nitrogen and oxygen atoms in total. The fourth-order valence-electron chi connectivity index (χ4n) is 1.89. The predicted molar refractivity (Wildman–Crippen MR) is 60.8 cm³/mol. The highest BCUT2D eigenvalue weighted by molar-refractivity contribution is 5.83. The van der Waals surface area contributed by atoms with Gasteiger partial charge in [-0.2, -0.15) is 0 Å². The molecule has 0 radical (unpaired) electrons. The minimum absolute atomic E-state index is 0.0718. The highest BCUT2D eigenvalue weighted by Gasteiger charge is 2.36. The number of ketones is 1. The number of rotatable bonds is 5. The summed E-state index contributed by atoms with van der Waals surface area (Å²) in [6.45, 7) is 11.9. The number of Topliss-reactive ketones (excluding diaryl/α,β-unsaturated/α-hetero) is 1. The van der Waals surface area contributed by atoms with E-state index >= 15 is 0 Å². The Morgan fingerprint density at radius 3 is 1.93 bits per heavy atom. The molecular weight excluding hydrogens is 174 g/mol. The van der Waals surface area contributed by atoms with Gasteiger partial charge < -0.3 is 10.2 Å². The standard InChI is InChI=1S/C12H23NO/c1-8(2)12(6,7-9(3)14)10(4)11(5)13/h8,10,13H,7H2,1-6H3/t10?,12-/m0/s1. The van der Waals surface area contributed by atoms with E-state index in [0.717, 1.165) is 0 Å². The van der Waals surface area contributed by atoms with Gasteiger partial charge >= 0.3 is 0 Å². The molecule has 0 bridgehead atoms. The van der Waals surface area contributed by atoms with Gasteiger partial charge in [0.15, 0.2) is 0 Å². The first-order valence-electron chi connectivity index (χ1n) is 5.26. The number of carbonyl (C=O) groups excluding carboxylic acids is 1. The molecule has 0 spiro atoms. The van der Waals surface area contributed by atoms with Gasteiger partial charge in [-0.15, -0.1) is 0 Å². The summed E-state index contributed by atoms with van der Waals surface area (Å²) in [4.78, 5) is 11.2. The first kappa shape index (κ1) is 13.3. The Morgan fingerprint density at radius 1 is 1.29 bits per heavy atom. The van der Waals surface area contributed by atoms with Crippen LogP contribution < -0.4 is 0 Å². The quantitative estimate of drug-likeness (QED) is 0.675. The molecular formula is C12H23NO. The third kappa shape index (κ3) is 2.93. The van der Waals surface area contributed by atoms with Crippen LogP contribution in [0.5, 0.6) is 0 Å². The van der Waals surface area contributed by atoms with Gasteiger partial charge in [0.05, 0.1) is 0 Å². The van der Waals surface area contributed by atoms with Crippen LogP contribution in [0.2, 0.25) is 0 Å². The van der Waals surface area contributed by atoms with Crippen molar-refractivity contribution >= 4 is 11.5 Å². The Balaban J connectivity index is 4.89. The van der Waals surface area contributed by atoms with Crippen molar-refractivity contribution in [1.29, 1.82) is 5.41 Å². The van der Waals surface area contributed by atoms with Gasteiger partial charge in [0, 0.05) is 12.1 Å². The van der Waals surface area contributed by atoms with E-state index in [1.165, 1.54) is 0 Å². The Bertz CT molecular complexity index is 232. The maximum atomic E-state index is 11.2. The van der Waals surface area contributed by atoms with Gasteiger partial charge in [0.2, 0.25) is 0 Å². The minimum atomic E-state index is -0.0718. The molecule has 0 aromatic heterocycles. The molecule has 14 heavy (non-hydrogen) atoms. The van der Waals surface area contributed by atoms with Crippen LogP contribution in [-0.2, 0) is 4.79 Å². The molecule has 1 unspecified atom stereocenters. The van der Waals surface area contributed by atoms with E-state index in [-0.39, 0.29) is 17.1 Å². The van der Waals surface area contributed by atoms with Gasteiger partial charge in [-0.3, -0.25) is 0 Å². The van der Waals surface area contributed by atoms with E-state index in [0.29, 0.717) is 18.1 Å². The lowest BCUT2D eigenvalue weighted by molar-refractivity contribution is -0.120. The summed E-state index contributed by atoms with van der Waals surface area (Å²) in [6, 6.07) is 0.